The summed E-state index contributed by atoms with van der Waals surface area (Å²) in [5.74, 6) is -0.311. The first-order valence-corrected chi connectivity index (χ1v) is 13.0. The van der Waals surface area contributed by atoms with Crippen molar-refractivity contribution in [2.75, 3.05) is 19.7 Å². The monoisotopic (exact) mass is 548 g/mol. The lowest BCUT2D eigenvalue weighted by Gasteiger charge is -2.32. The zero-order valence-corrected chi connectivity index (χ0v) is 20.7. The van der Waals surface area contributed by atoms with E-state index in [0.29, 0.717) is 31.5 Å². The van der Waals surface area contributed by atoms with E-state index < -0.39 is 39.8 Å². The predicted molar refractivity (Wildman–Crippen MR) is 127 cm³/mol. The largest absolute Gasteiger partial charge is 0.493 e. The standard InChI is InChI=1S/C24H25ClF4N2O4S/c25-20-11-18(24(27,28)29)9-17(22(20)26)12-31-7-5-14(6-8-31)13-35-21-4-3-16(23(32)30-36(33)34)10-19(21)15-1-2-15/h3-4,9-11,14-15H,1-2,5-8,12-13H2,(H,30,32)(H,33,34). The van der Waals surface area contributed by atoms with E-state index in [9.17, 15) is 26.6 Å². The van der Waals surface area contributed by atoms with Gasteiger partial charge in [-0.3, -0.25) is 14.2 Å². The van der Waals surface area contributed by atoms with E-state index in [2.05, 4.69) is 0 Å². The van der Waals surface area contributed by atoms with Gasteiger partial charge in [0.15, 0.2) is 0 Å². The van der Waals surface area contributed by atoms with Crippen LogP contribution in [0.15, 0.2) is 30.3 Å². The van der Waals surface area contributed by atoms with Crippen LogP contribution in [0.5, 0.6) is 5.75 Å². The van der Waals surface area contributed by atoms with E-state index in [4.69, 9.17) is 20.9 Å². The van der Waals surface area contributed by atoms with Crippen LogP contribution in [0.25, 0.3) is 0 Å². The highest BCUT2D eigenvalue weighted by Crippen LogP contribution is 2.45. The summed E-state index contributed by atoms with van der Waals surface area (Å²) in [7, 11) is 0. The summed E-state index contributed by atoms with van der Waals surface area (Å²) in [6.07, 6.45) is -1.19. The number of hydrogen-bond donors (Lipinski definition) is 2. The maximum absolute atomic E-state index is 14.4. The lowest BCUT2D eigenvalue weighted by Crippen LogP contribution is -2.35. The van der Waals surface area contributed by atoms with Gasteiger partial charge in [-0.05, 0) is 86.5 Å². The van der Waals surface area contributed by atoms with Gasteiger partial charge >= 0.3 is 6.18 Å². The van der Waals surface area contributed by atoms with Crippen molar-refractivity contribution < 1.29 is 35.9 Å². The second kappa shape index (κ2) is 11.0. The Bertz CT molecular complexity index is 1150. The fourth-order valence-electron chi connectivity index (χ4n) is 4.36. The number of ether oxygens (including phenoxy) is 1. The molecular formula is C24H25ClF4N2O4S. The van der Waals surface area contributed by atoms with Gasteiger partial charge in [0, 0.05) is 17.7 Å². The van der Waals surface area contributed by atoms with Crippen molar-refractivity contribution in [1.29, 1.82) is 0 Å². The number of benzene rings is 2. The lowest BCUT2D eigenvalue weighted by atomic mass is 9.97. The number of amides is 1. The molecule has 1 amide bonds. The highest BCUT2D eigenvalue weighted by molar-refractivity contribution is 7.77. The number of carbonyl (C=O) groups excluding carboxylic acids is 1. The first-order valence-electron chi connectivity index (χ1n) is 11.5. The Morgan fingerprint density at radius 1 is 1.17 bits per heavy atom. The van der Waals surface area contributed by atoms with E-state index in [-0.39, 0.29) is 29.5 Å². The molecule has 1 aliphatic heterocycles. The highest BCUT2D eigenvalue weighted by atomic mass is 35.5. The zero-order chi connectivity index (χ0) is 26.0. The number of carbonyl (C=O) groups is 1. The molecule has 2 fully saturated rings. The summed E-state index contributed by atoms with van der Waals surface area (Å²) >= 11 is 3.25. The van der Waals surface area contributed by atoms with E-state index in [1.54, 1.807) is 18.2 Å². The molecule has 12 heteroatoms. The molecule has 2 aromatic carbocycles. The second-order valence-electron chi connectivity index (χ2n) is 9.17. The van der Waals surface area contributed by atoms with Crippen molar-refractivity contribution in [3.8, 4) is 5.75 Å². The Morgan fingerprint density at radius 2 is 1.86 bits per heavy atom. The van der Waals surface area contributed by atoms with Gasteiger partial charge in [-0.25, -0.2) is 13.3 Å². The number of nitrogens with one attached hydrogen (secondary N) is 1. The molecule has 2 aliphatic rings. The summed E-state index contributed by atoms with van der Waals surface area (Å²) in [5.41, 5.74) is 0.127. The third kappa shape index (κ3) is 6.76. The molecule has 1 atom stereocenters. The van der Waals surface area contributed by atoms with Crippen molar-refractivity contribution in [3.63, 3.8) is 0 Å². The molecule has 2 N–H and O–H groups in total. The van der Waals surface area contributed by atoms with E-state index >= 15 is 0 Å². The molecule has 0 bridgehead atoms. The fraction of sp³-hybridized carbons (Fsp3) is 0.458. The van der Waals surface area contributed by atoms with Gasteiger partial charge in [-0.15, -0.1) is 0 Å². The van der Waals surface area contributed by atoms with Gasteiger partial charge in [0.2, 0.25) is 0 Å². The van der Waals surface area contributed by atoms with Crippen molar-refractivity contribution >= 4 is 28.8 Å². The number of hydrogen-bond acceptors (Lipinski definition) is 4. The zero-order valence-electron chi connectivity index (χ0n) is 19.1. The topological polar surface area (TPSA) is 78.9 Å². The Kier molecular flexibility index (Phi) is 8.23. The summed E-state index contributed by atoms with van der Waals surface area (Å²) in [5, 5.41) is -0.539. The Morgan fingerprint density at radius 3 is 2.47 bits per heavy atom. The van der Waals surface area contributed by atoms with Gasteiger partial charge < -0.3 is 4.74 Å². The molecule has 0 spiro atoms. The van der Waals surface area contributed by atoms with Crippen molar-refractivity contribution in [3.05, 3.63) is 63.4 Å². The minimum Gasteiger partial charge on any atom is -0.493 e. The molecule has 1 saturated heterocycles. The van der Waals surface area contributed by atoms with Gasteiger partial charge in [0.25, 0.3) is 17.2 Å². The Balaban J connectivity index is 1.33. The smallest absolute Gasteiger partial charge is 0.416 e. The summed E-state index contributed by atoms with van der Waals surface area (Å²) in [4.78, 5) is 13.9. The summed E-state index contributed by atoms with van der Waals surface area (Å²) in [6.45, 7) is 1.63. The SMILES string of the molecule is O=C(NS(=O)O)c1ccc(OCC2CCN(Cc3cc(C(F)(F)F)cc(Cl)c3F)CC2)c(C2CC2)c1. The molecule has 1 aliphatic carbocycles. The molecule has 1 unspecified atom stereocenters. The third-order valence-electron chi connectivity index (χ3n) is 6.48. The summed E-state index contributed by atoms with van der Waals surface area (Å²) in [6, 6.07) is 6.34. The average Bonchev–Trinajstić information content (AvgIpc) is 3.65. The molecule has 0 aromatic heterocycles. The van der Waals surface area contributed by atoms with Crippen LogP contribution in [0.4, 0.5) is 17.6 Å². The highest BCUT2D eigenvalue weighted by Gasteiger charge is 2.33. The van der Waals surface area contributed by atoms with Gasteiger partial charge in [-0.2, -0.15) is 13.2 Å². The number of piperidine rings is 1. The molecule has 6 nitrogen and oxygen atoms in total. The first kappa shape index (κ1) is 26.8. The van der Waals surface area contributed by atoms with Crippen LogP contribution in [0.3, 0.4) is 0 Å². The molecule has 0 radical (unpaired) electrons. The maximum atomic E-state index is 14.4. The van der Waals surface area contributed by atoms with Gasteiger partial charge in [0.05, 0.1) is 17.2 Å². The molecule has 1 heterocycles. The normalized spacial score (nSPS) is 18.2. The van der Waals surface area contributed by atoms with Crippen molar-refractivity contribution in [2.45, 2.75) is 44.3 Å². The minimum absolute atomic E-state index is 0.0387. The van der Waals surface area contributed by atoms with Crippen LogP contribution in [-0.4, -0.2) is 39.3 Å². The van der Waals surface area contributed by atoms with E-state index in [0.717, 1.165) is 37.3 Å². The Hall–Kier alpha value is -2.21. The Labute approximate surface area is 213 Å². The number of rotatable bonds is 8. The van der Waals surface area contributed by atoms with Crippen molar-refractivity contribution in [2.24, 2.45) is 5.92 Å². The quantitative estimate of drug-likeness (QED) is 0.335. The number of alkyl halides is 3. The van der Waals surface area contributed by atoms with E-state index in [1.165, 1.54) is 0 Å². The van der Waals surface area contributed by atoms with Gasteiger partial charge in [-0.1, -0.05) is 11.6 Å². The van der Waals surface area contributed by atoms with Crippen LogP contribution in [-0.2, 0) is 24.0 Å². The van der Waals surface area contributed by atoms with Crippen LogP contribution >= 0.6 is 11.6 Å². The fourth-order valence-corrected chi connectivity index (χ4v) is 4.87. The number of halogens is 5. The van der Waals surface area contributed by atoms with Crippen LogP contribution in [0, 0.1) is 11.7 Å². The lowest BCUT2D eigenvalue weighted by molar-refractivity contribution is -0.137. The van der Waals surface area contributed by atoms with Crippen LogP contribution in [0.1, 0.15) is 58.6 Å². The molecule has 4 rings (SSSR count). The molecule has 196 valence electrons. The molecule has 1 saturated carbocycles. The molecular weight excluding hydrogens is 524 g/mol. The van der Waals surface area contributed by atoms with Crippen LogP contribution in [0.2, 0.25) is 5.02 Å². The van der Waals surface area contributed by atoms with Crippen molar-refractivity contribution in [1.82, 2.24) is 9.62 Å². The van der Waals surface area contributed by atoms with Crippen LogP contribution < -0.4 is 9.46 Å². The maximum Gasteiger partial charge on any atom is 0.416 e. The average molecular weight is 549 g/mol. The molecule has 2 aromatic rings. The van der Waals surface area contributed by atoms with E-state index in [1.807, 2.05) is 9.62 Å². The number of nitrogens with zero attached hydrogens (tertiary/aromatic N) is 1. The summed E-state index contributed by atoms with van der Waals surface area (Å²) < 4.78 is 81.3. The molecule has 36 heavy (non-hydrogen) atoms. The first-order chi connectivity index (χ1) is 17.0. The predicted octanol–water partition coefficient (Wildman–Crippen LogP) is 5.53. The van der Waals surface area contributed by atoms with Gasteiger partial charge in [0.1, 0.15) is 11.6 Å². The number of likely N-dealkylation sites (tertiary alicyclic amines) is 1. The minimum atomic E-state index is -4.60. The third-order valence-corrected chi connectivity index (χ3v) is 7.11. The second-order valence-corrected chi connectivity index (χ2v) is 10.3.